The largest absolute Gasteiger partial charge is 0.493 e. The van der Waals surface area contributed by atoms with Crippen LogP contribution in [0.4, 0.5) is 5.69 Å². The predicted octanol–water partition coefficient (Wildman–Crippen LogP) is 3.13. The first-order chi connectivity index (χ1) is 14.0. The van der Waals surface area contributed by atoms with Crippen molar-refractivity contribution in [3.05, 3.63) is 35.2 Å². The molecule has 2 aromatic rings. The lowest BCUT2D eigenvalue weighted by molar-refractivity contribution is 0.182. The van der Waals surface area contributed by atoms with E-state index in [4.69, 9.17) is 19.2 Å². The van der Waals surface area contributed by atoms with Gasteiger partial charge in [0.25, 0.3) is 0 Å². The lowest BCUT2D eigenvalue weighted by Crippen LogP contribution is -2.30. The van der Waals surface area contributed by atoms with Crippen LogP contribution in [0.2, 0.25) is 0 Å². The van der Waals surface area contributed by atoms with Gasteiger partial charge in [0.2, 0.25) is 0 Å². The number of methoxy groups -OCH3 is 2. The highest BCUT2D eigenvalue weighted by Crippen LogP contribution is 2.30. The molecule has 0 fully saturated rings. The maximum Gasteiger partial charge on any atom is 0.196 e. The summed E-state index contributed by atoms with van der Waals surface area (Å²) >= 11 is 0. The van der Waals surface area contributed by atoms with Gasteiger partial charge in [-0.05, 0) is 39.8 Å². The molecular weight excluding hydrogens is 370 g/mol. The minimum absolute atomic E-state index is 0.536. The monoisotopic (exact) mass is 403 g/mol. The van der Waals surface area contributed by atoms with Crippen molar-refractivity contribution >= 4 is 11.6 Å². The fourth-order valence-electron chi connectivity index (χ4n) is 2.98. The van der Waals surface area contributed by atoms with Crippen molar-refractivity contribution < 1.29 is 14.2 Å². The highest BCUT2D eigenvalue weighted by Gasteiger charge is 2.12. The van der Waals surface area contributed by atoms with Crippen molar-refractivity contribution in [2.45, 2.75) is 40.8 Å². The summed E-state index contributed by atoms with van der Waals surface area (Å²) in [6, 6.07) is 5.74. The van der Waals surface area contributed by atoms with Gasteiger partial charge in [0.1, 0.15) is 0 Å². The van der Waals surface area contributed by atoms with E-state index in [2.05, 4.69) is 22.7 Å². The van der Waals surface area contributed by atoms with E-state index in [0.29, 0.717) is 31.5 Å². The lowest BCUT2D eigenvalue weighted by atomic mass is 10.2. The molecule has 0 saturated carbocycles. The van der Waals surface area contributed by atoms with Crippen LogP contribution >= 0.6 is 0 Å². The first kappa shape index (κ1) is 22.5. The highest BCUT2D eigenvalue weighted by atomic mass is 16.5. The molecule has 0 amide bonds. The maximum atomic E-state index is 5.58. The summed E-state index contributed by atoms with van der Waals surface area (Å²) in [6.07, 6.45) is 0. The van der Waals surface area contributed by atoms with E-state index in [1.165, 1.54) is 0 Å². The van der Waals surface area contributed by atoms with Gasteiger partial charge in [-0.2, -0.15) is 5.10 Å². The second-order valence-electron chi connectivity index (χ2n) is 6.48. The summed E-state index contributed by atoms with van der Waals surface area (Å²) in [5.74, 6) is 2.10. The number of hydrogen-bond donors (Lipinski definition) is 2. The number of aryl methyl sites for hydroxylation is 1. The Morgan fingerprint density at radius 2 is 1.97 bits per heavy atom. The van der Waals surface area contributed by atoms with E-state index < -0.39 is 0 Å². The third-order valence-electron chi connectivity index (χ3n) is 4.50. The van der Waals surface area contributed by atoms with Gasteiger partial charge in [-0.15, -0.1) is 0 Å². The second-order valence-corrected chi connectivity index (χ2v) is 6.48. The quantitative estimate of drug-likeness (QED) is 0.469. The van der Waals surface area contributed by atoms with Crippen LogP contribution in [0.1, 0.15) is 30.8 Å². The molecule has 8 heteroatoms. The Morgan fingerprint density at radius 1 is 1.17 bits per heavy atom. The Kier molecular flexibility index (Phi) is 8.79. The molecule has 0 aliphatic carbocycles. The average molecular weight is 404 g/mol. The first-order valence-corrected chi connectivity index (χ1v) is 9.91. The van der Waals surface area contributed by atoms with Crippen molar-refractivity contribution in [2.24, 2.45) is 4.99 Å². The number of anilines is 1. The summed E-state index contributed by atoms with van der Waals surface area (Å²) < 4.78 is 18.1. The van der Waals surface area contributed by atoms with Gasteiger partial charge in [-0.1, -0.05) is 0 Å². The van der Waals surface area contributed by atoms with Crippen LogP contribution in [0.25, 0.3) is 0 Å². The summed E-state index contributed by atoms with van der Waals surface area (Å²) in [6.45, 7) is 11.3. The molecule has 0 saturated heterocycles. The molecule has 0 bridgehead atoms. The molecule has 0 atom stereocenters. The predicted molar refractivity (Wildman–Crippen MR) is 116 cm³/mol. The summed E-state index contributed by atoms with van der Waals surface area (Å²) in [5.41, 5.74) is 4.10. The minimum Gasteiger partial charge on any atom is -0.493 e. The molecule has 8 nitrogen and oxygen atoms in total. The minimum atomic E-state index is 0.536. The summed E-state index contributed by atoms with van der Waals surface area (Å²) in [7, 11) is 3.33. The van der Waals surface area contributed by atoms with Gasteiger partial charge in [0, 0.05) is 36.7 Å². The number of ether oxygens (including phenoxy) is 3. The smallest absolute Gasteiger partial charge is 0.196 e. The SMILES string of the molecule is CCNC(=NCc1c(C)nn(CCOC)c1C)Nc1ccc(OCC)c(OC)c1. The van der Waals surface area contributed by atoms with Crippen LogP contribution < -0.4 is 20.1 Å². The number of rotatable bonds is 10. The second kappa shape index (κ2) is 11.3. The summed E-state index contributed by atoms with van der Waals surface area (Å²) in [5, 5.41) is 11.2. The Balaban J connectivity index is 2.17. The number of nitrogens with zero attached hydrogens (tertiary/aromatic N) is 3. The van der Waals surface area contributed by atoms with Crippen LogP contribution in [-0.4, -0.2) is 49.7 Å². The van der Waals surface area contributed by atoms with Crippen molar-refractivity contribution in [1.29, 1.82) is 0 Å². The molecule has 0 aliphatic rings. The van der Waals surface area contributed by atoms with Crippen LogP contribution in [0, 0.1) is 13.8 Å². The van der Waals surface area contributed by atoms with Gasteiger partial charge in [-0.3, -0.25) is 4.68 Å². The molecule has 0 radical (unpaired) electrons. The van der Waals surface area contributed by atoms with Crippen LogP contribution in [0.5, 0.6) is 11.5 Å². The maximum absolute atomic E-state index is 5.58. The molecule has 29 heavy (non-hydrogen) atoms. The third kappa shape index (κ3) is 6.12. The van der Waals surface area contributed by atoms with Crippen molar-refractivity contribution in [3.8, 4) is 11.5 Å². The third-order valence-corrected chi connectivity index (χ3v) is 4.50. The molecule has 1 heterocycles. The molecular formula is C21H33N5O3. The molecule has 1 aromatic carbocycles. The van der Waals surface area contributed by atoms with Gasteiger partial charge in [0.05, 0.1) is 39.1 Å². The Morgan fingerprint density at radius 3 is 2.62 bits per heavy atom. The average Bonchev–Trinajstić information content (AvgIpc) is 2.98. The Bertz CT molecular complexity index is 817. The number of nitrogens with one attached hydrogen (secondary N) is 2. The normalized spacial score (nSPS) is 11.4. The number of aliphatic imine (C=N–C) groups is 1. The molecule has 2 rings (SSSR count). The topological polar surface area (TPSA) is 81.9 Å². The summed E-state index contributed by atoms with van der Waals surface area (Å²) in [4.78, 5) is 4.75. The zero-order valence-corrected chi connectivity index (χ0v) is 18.3. The van der Waals surface area contributed by atoms with E-state index in [1.54, 1.807) is 14.2 Å². The zero-order valence-electron chi connectivity index (χ0n) is 18.3. The van der Waals surface area contributed by atoms with E-state index in [9.17, 15) is 0 Å². The Labute approximate surface area is 173 Å². The van der Waals surface area contributed by atoms with Crippen molar-refractivity contribution in [2.75, 3.05) is 39.3 Å². The number of benzene rings is 1. The van der Waals surface area contributed by atoms with E-state index in [-0.39, 0.29) is 0 Å². The van der Waals surface area contributed by atoms with Gasteiger partial charge >= 0.3 is 0 Å². The van der Waals surface area contributed by atoms with Gasteiger partial charge in [-0.25, -0.2) is 4.99 Å². The molecule has 0 spiro atoms. The van der Waals surface area contributed by atoms with Crippen molar-refractivity contribution in [1.82, 2.24) is 15.1 Å². The van der Waals surface area contributed by atoms with E-state index in [1.807, 2.05) is 43.7 Å². The standard InChI is InChI=1S/C21H33N5O3/c1-7-22-21(24-17-9-10-19(29-8-2)20(13-17)28-6)23-14-18-15(3)25-26(16(18)4)11-12-27-5/h9-10,13H,7-8,11-12,14H2,1-6H3,(H2,22,23,24). The Hall–Kier alpha value is -2.74. The van der Waals surface area contributed by atoms with Gasteiger partial charge in [0.15, 0.2) is 17.5 Å². The van der Waals surface area contributed by atoms with E-state index in [0.717, 1.165) is 41.5 Å². The fourth-order valence-corrected chi connectivity index (χ4v) is 2.98. The van der Waals surface area contributed by atoms with Crippen molar-refractivity contribution in [3.63, 3.8) is 0 Å². The first-order valence-electron chi connectivity index (χ1n) is 9.91. The zero-order chi connectivity index (χ0) is 21.2. The number of guanidine groups is 1. The molecule has 160 valence electrons. The highest BCUT2D eigenvalue weighted by molar-refractivity contribution is 5.93. The number of hydrogen-bond acceptors (Lipinski definition) is 5. The van der Waals surface area contributed by atoms with E-state index >= 15 is 0 Å². The molecule has 0 aliphatic heterocycles. The number of aromatic nitrogens is 2. The van der Waals surface area contributed by atoms with Gasteiger partial charge < -0.3 is 24.8 Å². The van der Waals surface area contributed by atoms with Crippen LogP contribution in [0.3, 0.4) is 0 Å². The van der Waals surface area contributed by atoms with Crippen LogP contribution in [-0.2, 0) is 17.8 Å². The molecule has 0 unspecified atom stereocenters. The molecule has 2 N–H and O–H groups in total. The molecule has 1 aromatic heterocycles. The lowest BCUT2D eigenvalue weighted by Gasteiger charge is -2.14. The van der Waals surface area contributed by atoms with Crippen LogP contribution in [0.15, 0.2) is 23.2 Å². The fraction of sp³-hybridized carbons (Fsp3) is 0.524.